The first kappa shape index (κ1) is 25.1. The van der Waals surface area contributed by atoms with Crippen LogP contribution in [0.5, 0.6) is 11.5 Å². The minimum Gasteiger partial charge on any atom is -0.490 e. The second kappa shape index (κ2) is 12.1. The molecule has 0 aliphatic heterocycles. The topological polar surface area (TPSA) is 102 Å². The van der Waals surface area contributed by atoms with Gasteiger partial charge < -0.3 is 14.6 Å². The number of aliphatic carboxylic acids is 1. The van der Waals surface area contributed by atoms with Gasteiger partial charge in [-0.2, -0.15) is 0 Å². The highest BCUT2D eigenvalue weighted by molar-refractivity contribution is 7.92. The van der Waals surface area contributed by atoms with Crippen LogP contribution in [0.15, 0.2) is 77.7 Å². The molecule has 0 atom stereocenters. The van der Waals surface area contributed by atoms with Crippen molar-refractivity contribution in [3.05, 3.63) is 83.9 Å². The van der Waals surface area contributed by atoms with Gasteiger partial charge in [-0.05, 0) is 66.4 Å². The van der Waals surface area contributed by atoms with Crippen LogP contribution in [0.25, 0.3) is 0 Å². The third-order valence-corrected chi connectivity index (χ3v) is 6.47. The normalized spacial score (nSPS) is 11.1. The molecule has 3 aromatic carbocycles. The smallest absolute Gasteiger partial charge is 0.303 e. The van der Waals surface area contributed by atoms with Crippen molar-refractivity contribution >= 4 is 21.7 Å². The molecule has 0 aliphatic rings. The number of sulfonamides is 1. The number of carboxylic acids is 1. The van der Waals surface area contributed by atoms with Crippen LogP contribution < -0.4 is 14.2 Å². The Morgan fingerprint density at radius 2 is 1.56 bits per heavy atom. The number of carbonyl (C=O) groups is 1. The molecule has 0 fully saturated rings. The molecule has 8 heteroatoms. The van der Waals surface area contributed by atoms with E-state index in [0.717, 1.165) is 24.0 Å². The molecule has 7 nitrogen and oxygen atoms in total. The summed E-state index contributed by atoms with van der Waals surface area (Å²) >= 11 is 0. The molecule has 0 aliphatic carbocycles. The first-order valence-electron chi connectivity index (χ1n) is 11.1. The highest BCUT2D eigenvalue weighted by Crippen LogP contribution is 2.21. The average molecular weight is 484 g/mol. The van der Waals surface area contributed by atoms with E-state index in [1.54, 1.807) is 42.5 Å². The van der Waals surface area contributed by atoms with E-state index in [9.17, 15) is 13.2 Å². The summed E-state index contributed by atoms with van der Waals surface area (Å²) < 4.78 is 39.2. The fourth-order valence-corrected chi connectivity index (χ4v) is 4.42. The number of para-hydroxylation sites is 1. The summed E-state index contributed by atoms with van der Waals surface area (Å²) in [6.07, 6.45) is 2.35. The van der Waals surface area contributed by atoms with Gasteiger partial charge in [-0.25, -0.2) is 8.42 Å². The second-order valence-corrected chi connectivity index (χ2v) is 9.40. The maximum Gasteiger partial charge on any atom is 0.303 e. The third kappa shape index (κ3) is 7.52. The van der Waals surface area contributed by atoms with Gasteiger partial charge in [0.15, 0.2) is 0 Å². The zero-order chi connectivity index (χ0) is 24.4. The van der Waals surface area contributed by atoms with E-state index in [1.165, 1.54) is 0 Å². The zero-order valence-electron chi connectivity index (χ0n) is 19.1. The van der Waals surface area contributed by atoms with E-state index >= 15 is 0 Å². The molecule has 0 unspecified atom stereocenters. The fraction of sp³-hybridized carbons (Fsp3) is 0.269. The first-order chi connectivity index (χ1) is 16.4. The molecule has 0 saturated carbocycles. The van der Waals surface area contributed by atoms with Crippen LogP contribution in [-0.2, 0) is 27.7 Å². The quantitative estimate of drug-likeness (QED) is 0.335. The van der Waals surface area contributed by atoms with Crippen molar-refractivity contribution in [2.75, 3.05) is 17.9 Å². The monoisotopic (exact) mass is 483 g/mol. The van der Waals surface area contributed by atoms with E-state index in [1.807, 2.05) is 30.3 Å². The summed E-state index contributed by atoms with van der Waals surface area (Å²) in [7, 11) is -3.67. The Bertz CT molecular complexity index is 1170. The number of ether oxygens (including phenoxy) is 2. The first-order valence-corrected chi connectivity index (χ1v) is 12.6. The summed E-state index contributed by atoms with van der Waals surface area (Å²) in [6.45, 7) is 2.64. The minimum atomic E-state index is -3.67. The Labute approximate surface area is 200 Å². The Hall–Kier alpha value is -3.52. The van der Waals surface area contributed by atoms with Crippen molar-refractivity contribution in [1.29, 1.82) is 0 Å². The van der Waals surface area contributed by atoms with E-state index < -0.39 is 16.0 Å². The number of anilines is 1. The molecule has 0 amide bonds. The Morgan fingerprint density at radius 1 is 0.882 bits per heavy atom. The van der Waals surface area contributed by atoms with Crippen molar-refractivity contribution in [2.45, 2.75) is 37.5 Å². The number of nitrogens with one attached hydrogen (secondary N) is 1. The number of hydrogen-bond acceptors (Lipinski definition) is 5. The van der Waals surface area contributed by atoms with E-state index in [0.29, 0.717) is 23.6 Å². The summed E-state index contributed by atoms with van der Waals surface area (Å²) in [6, 6.07) is 20.9. The SMILES string of the molecule is CCCc1ccc(S(=O)(=O)Nc2ccc(OCCOc3ccccc3CCC(=O)O)cc2)cc1. The summed E-state index contributed by atoms with van der Waals surface area (Å²) in [4.78, 5) is 11.0. The zero-order valence-corrected chi connectivity index (χ0v) is 19.9. The molecule has 2 N–H and O–H groups in total. The van der Waals surface area contributed by atoms with Gasteiger partial charge in [-0.3, -0.25) is 9.52 Å². The predicted octanol–water partition coefficient (Wildman–Crippen LogP) is 4.91. The van der Waals surface area contributed by atoms with Gasteiger partial charge in [0, 0.05) is 12.1 Å². The molecular formula is C26H29NO6S. The Kier molecular flexibility index (Phi) is 8.93. The van der Waals surface area contributed by atoms with Crippen molar-refractivity contribution < 1.29 is 27.8 Å². The van der Waals surface area contributed by atoms with Crippen LogP contribution >= 0.6 is 0 Å². The minimum absolute atomic E-state index is 0.0388. The molecule has 0 radical (unpaired) electrons. The van der Waals surface area contributed by atoms with Crippen LogP contribution in [0.4, 0.5) is 5.69 Å². The molecule has 0 heterocycles. The Morgan fingerprint density at radius 3 is 2.24 bits per heavy atom. The van der Waals surface area contributed by atoms with Crippen LogP contribution in [0.2, 0.25) is 0 Å². The van der Waals surface area contributed by atoms with E-state index in [2.05, 4.69) is 11.6 Å². The predicted molar refractivity (Wildman–Crippen MR) is 131 cm³/mol. The van der Waals surface area contributed by atoms with Crippen LogP contribution in [-0.4, -0.2) is 32.7 Å². The standard InChI is InChI=1S/C26H29NO6S/c1-2-5-20-8-15-24(16-9-20)34(30,31)27-22-11-13-23(14-12-22)32-18-19-33-25-7-4-3-6-21(25)10-17-26(28)29/h3-4,6-9,11-16,27H,2,5,10,17-19H2,1H3,(H,28,29). The van der Waals surface area contributed by atoms with Gasteiger partial charge >= 0.3 is 5.97 Å². The number of aryl methyl sites for hydroxylation is 2. The summed E-state index contributed by atoms with van der Waals surface area (Å²) in [5, 5.41) is 8.87. The van der Waals surface area contributed by atoms with Crippen molar-refractivity contribution in [1.82, 2.24) is 0 Å². The molecule has 180 valence electrons. The van der Waals surface area contributed by atoms with Crippen molar-refractivity contribution in [2.24, 2.45) is 0 Å². The molecular weight excluding hydrogens is 454 g/mol. The van der Waals surface area contributed by atoms with Gasteiger partial charge in [0.05, 0.1) is 4.90 Å². The largest absolute Gasteiger partial charge is 0.490 e. The number of rotatable bonds is 13. The summed E-state index contributed by atoms with van der Waals surface area (Å²) in [5.74, 6) is 0.364. The van der Waals surface area contributed by atoms with E-state index in [-0.39, 0.29) is 24.5 Å². The molecule has 0 spiro atoms. The second-order valence-electron chi connectivity index (χ2n) is 7.72. The Balaban J connectivity index is 1.49. The van der Waals surface area contributed by atoms with Gasteiger partial charge in [-0.1, -0.05) is 43.7 Å². The highest BCUT2D eigenvalue weighted by Gasteiger charge is 2.14. The van der Waals surface area contributed by atoms with Gasteiger partial charge in [-0.15, -0.1) is 0 Å². The van der Waals surface area contributed by atoms with Crippen molar-refractivity contribution in [3.63, 3.8) is 0 Å². The molecule has 0 bridgehead atoms. The van der Waals surface area contributed by atoms with Crippen LogP contribution in [0.1, 0.15) is 30.9 Å². The molecule has 3 rings (SSSR count). The van der Waals surface area contributed by atoms with Gasteiger partial charge in [0.2, 0.25) is 0 Å². The maximum atomic E-state index is 12.6. The number of carboxylic acid groups (broad SMARTS) is 1. The fourth-order valence-electron chi connectivity index (χ4n) is 3.36. The van der Waals surface area contributed by atoms with Gasteiger partial charge in [0.25, 0.3) is 10.0 Å². The lowest BCUT2D eigenvalue weighted by atomic mass is 10.1. The molecule has 0 aromatic heterocycles. The lowest BCUT2D eigenvalue weighted by Gasteiger charge is -2.12. The average Bonchev–Trinajstić information content (AvgIpc) is 2.82. The number of benzene rings is 3. The number of hydrogen-bond donors (Lipinski definition) is 2. The lowest BCUT2D eigenvalue weighted by molar-refractivity contribution is -0.136. The van der Waals surface area contributed by atoms with Crippen LogP contribution in [0, 0.1) is 0 Å². The molecule has 34 heavy (non-hydrogen) atoms. The lowest BCUT2D eigenvalue weighted by Crippen LogP contribution is -2.13. The van der Waals surface area contributed by atoms with Crippen LogP contribution in [0.3, 0.4) is 0 Å². The maximum absolute atomic E-state index is 12.6. The third-order valence-electron chi connectivity index (χ3n) is 5.07. The summed E-state index contributed by atoms with van der Waals surface area (Å²) in [5.41, 5.74) is 2.38. The van der Waals surface area contributed by atoms with E-state index in [4.69, 9.17) is 14.6 Å². The molecule has 0 saturated heterocycles. The van der Waals surface area contributed by atoms with Crippen molar-refractivity contribution in [3.8, 4) is 11.5 Å². The highest BCUT2D eigenvalue weighted by atomic mass is 32.2. The van der Waals surface area contributed by atoms with Gasteiger partial charge in [0.1, 0.15) is 24.7 Å². The molecule has 3 aromatic rings.